The van der Waals surface area contributed by atoms with Crippen molar-refractivity contribution in [1.29, 1.82) is 0 Å². The van der Waals surface area contributed by atoms with Crippen LogP contribution in [0.15, 0.2) is 42.5 Å². The largest absolute Gasteiger partial charge is 0.493 e. The van der Waals surface area contributed by atoms with Crippen LogP contribution in [0.4, 0.5) is 0 Å². The smallest absolute Gasteiger partial charge is 0.313 e. The molecule has 130 valence electrons. The predicted octanol–water partition coefficient (Wildman–Crippen LogP) is 2.70. The summed E-state index contributed by atoms with van der Waals surface area (Å²) in [7, 11) is 4.67. The molecule has 3 rings (SSSR count). The molecule has 2 aromatic carbocycles. The number of aliphatic carboxylic acids is 1. The zero-order valence-electron chi connectivity index (χ0n) is 14.2. The molecule has 1 aliphatic rings. The summed E-state index contributed by atoms with van der Waals surface area (Å²) in [6.07, 6.45) is 0. The Morgan fingerprint density at radius 1 is 1.08 bits per heavy atom. The lowest BCUT2D eigenvalue weighted by atomic mass is 9.80. The molecule has 0 saturated carbocycles. The minimum absolute atomic E-state index is 0.201. The lowest BCUT2D eigenvalue weighted by Crippen LogP contribution is -2.42. The van der Waals surface area contributed by atoms with E-state index in [1.165, 1.54) is 19.1 Å². The molecular formula is C19H19NO5. The average Bonchev–Trinajstić information content (AvgIpc) is 2.63. The van der Waals surface area contributed by atoms with E-state index in [2.05, 4.69) is 0 Å². The normalized spacial score (nSPS) is 19.3. The number of fused-ring (bicyclic) bond motifs is 1. The minimum atomic E-state index is -0.980. The Balaban J connectivity index is 2.17. The summed E-state index contributed by atoms with van der Waals surface area (Å²) in [6.45, 7) is 0. The summed E-state index contributed by atoms with van der Waals surface area (Å²) in [4.78, 5) is 26.2. The number of hydrogen-bond donors (Lipinski definition) is 1. The summed E-state index contributed by atoms with van der Waals surface area (Å²) < 4.78 is 10.6. The number of carboxylic acids is 1. The van der Waals surface area contributed by atoms with Crippen molar-refractivity contribution < 1.29 is 24.2 Å². The van der Waals surface area contributed by atoms with Gasteiger partial charge >= 0.3 is 5.97 Å². The number of ether oxygens (including phenoxy) is 2. The number of amides is 1. The predicted molar refractivity (Wildman–Crippen MR) is 91.2 cm³/mol. The molecule has 1 amide bonds. The van der Waals surface area contributed by atoms with Crippen LogP contribution in [0.1, 0.15) is 33.4 Å². The van der Waals surface area contributed by atoms with Gasteiger partial charge in [-0.1, -0.05) is 24.3 Å². The molecule has 0 radical (unpaired) electrons. The summed E-state index contributed by atoms with van der Waals surface area (Å²) in [5.41, 5.74) is 1.63. The van der Waals surface area contributed by atoms with Gasteiger partial charge in [0.2, 0.25) is 0 Å². The van der Waals surface area contributed by atoms with Gasteiger partial charge in [-0.05, 0) is 29.3 Å². The molecule has 0 bridgehead atoms. The van der Waals surface area contributed by atoms with Crippen molar-refractivity contribution in [3.8, 4) is 11.5 Å². The molecule has 2 atom stereocenters. The molecule has 0 fully saturated rings. The topological polar surface area (TPSA) is 76.1 Å². The van der Waals surface area contributed by atoms with Gasteiger partial charge in [0, 0.05) is 12.6 Å². The monoisotopic (exact) mass is 341 g/mol. The Morgan fingerprint density at radius 3 is 2.40 bits per heavy atom. The second-order valence-electron chi connectivity index (χ2n) is 5.88. The van der Waals surface area contributed by atoms with Gasteiger partial charge in [-0.3, -0.25) is 9.59 Å². The SMILES string of the molecule is COc1ccc(C2C(C(=O)O)c3ccccc3C(=O)N2C)cc1OC. The fourth-order valence-electron chi connectivity index (χ4n) is 3.39. The molecule has 1 N–H and O–H groups in total. The molecule has 0 aliphatic carbocycles. The van der Waals surface area contributed by atoms with Crippen LogP contribution in [0.25, 0.3) is 0 Å². The maximum atomic E-state index is 12.7. The van der Waals surface area contributed by atoms with Gasteiger partial charge in [0.1, 0.15) is 5.92 Å². The van der Waals surface area contributed by atoms with E-state index in [0.717, 1.165) is 0 Å². The van der Waals surface area contributed by atoms with E-state index < -0.39 is 17.9 Å². The lowest BCUT2D eigenvalue weighted by molar-refractivity contribution is -0.140. The molecule has 0 spiro atoms. The molecule has 0 aromatic heterocycles. The second-order valence-corrected chi connectivity index (χ2v) is 5.88. The number of nitrogens with zero attached hydrogens (tertiary/aromatic N) is 1. The highest BCUT2D eigenvalue weighted by atomic mass is 16.5. The number of likely N-dealkylation sites (N-methyl/N-ethyl adjacent to an activating group) is 1. The van der Waals surface area contributed by atoms with E-state index in [9.17, 15) is 14.7 Å². The van der Waals surface area contributed by atoms with E-state index in [4.69, 9.17) is 9.47 Å². The average molecular weight is 341 g/mol. The molecule has 2 unspecified atom stereocenters. The molecule has 1 aliphatic heterocycles. The van der Waals surface area contributed by atoms with Crippen molar-refractivity contribution in [2.24, 2.45) is 0 Å². The highest BCUT2D eigenvalue weighted by molar-refractivity contribution is 6.00. The van der Waals surface area contributed by atoms with Crippen LogP contribution in [0.5, 0.6) is 11.5 Å². The van der Waals surface area contributed by atoms with Crippen LogP contribution in [0.3, 0.4) is 0 Å². The van der Waals surface area contributed by atoms with Crippen molar-refractivity contribution in [2.45, 2.75) is 12.0 Å². The third-order valence-electron chi connectivity index (χ3n) is 4.59. The first-order valence-electron chi connectivity index (χ1n) is 7.80. The van der Waals surface area contributed by atoms with Crippen molar-refractivity contribution in [3.63, 3.8) is 0 Å². The standard InChI is InChI=1S/C19H19NO5/c1-20-17(11-8-9-14(24-2)15(10-11)25-3)16(19(22)23)12-6-4-5-7-13(12)18(20)21/h4-10,16-17H,1-3H3,(H,22,23). The van der Waals surface area contributed by atoms with Crippen LogP contribution in [0.2, 0.25) is 0 Å². The van der Waals surface area contributed by atoms with Crippen molar-refractivity contribution in [3.05, 3.63) is 59.2 Å². The summed E-state index contributed by atoms with van der Waals surface area (Å²) >= 11 is 0. The molecule has 0 saturated heterocycles. The molecule has 2 aromatic rings. The highest BCUT2D eigenvalue weighted by Crippen LogP contribution is 2.43. The van der Waals surface area contributed by atoms with E-state index in [-0.39, 0.29) is 5.91 Å². The second kappa shape index (κ2) is 6.47. The van der Waals surface area contributed by atoms with E-state index in [1.807, 2.05) is 0 Å². The maximum absolute atomic E-state index is 12.7. The van der Waals surface area contributed by atoms with Crippen molar-refractivity contribution >= 4 is 11.9 Å². The van der Waals surface area contributed by atoms with Crippen LogP contribution >= 0.6 is 0 Å². The van der Waals surface area contributed by atoms with Crippen LogP contribution in [-0.2, 0) is 4.79 Å². The zero-order chi connectivity index (χ0) is 18.1. The zero-order valence-corrected chi connectivity index (χ0v) is 14.2. The number of carboxylic acid groups (broad SMARTS) is 1. The third-order valence-corrected chi connectivity index (χ3v) is 4.59. The summed E-state index contributed by atoms with van der Waals surface area (Å²) in [6, 6.07) is 11.4. The number of carbonyl (C=O) groups is 2. The van der Waals surface area contributed by atoms with Crippen molar-refractivity contribution in [1.82, 2.24) is 4.90 Å². The Kier molecular flexibility index (Phi) is 4.35. The van der Waals surface area contributed by atoms with E-state index in [1.54, 1.807) is 49.5 Å². The van der Waals surface area contributed by atoms with Gasteiger partial charge in [-0.2, -0.15) is 0 Å². The Labute approximate surface area is 145 Å². The van der Waals surface area contributed by atoms with Gasteiger partial charge in [-0.25, -0.2) is 0 Å². The van der Waals surface area contributed by atoms with Crippen LogP contribution < -0.4 is 9.47 Å². The Hall–Kier alpha value is -3.02. The first-order chi connectivity index (χ1) is 12.0. The van der Waals surface area contributed by atoms with E-state index in [0.29, 0.717) is 28.2 Å². The maximum Gasteiger partial charge on any atom is 0.313 e. The fourth-order valence-corrected chi connectivity index (χ4v) is 3.39. The number of carbonyl (C=O) groups excluding carboxylic acids is 1. The van der Waals surface area contributed by atoms with Crippen LogP contribution in [-0.4, -0.2) is 43.2 Å². The first-order valence-corrected chi connectivity index (χ1v) is 7.80. The number of methoxy groups -OCH3 is 2. The Bertz CT molecular complexity index is 832. The number of hydrogen-bond acceptors (Lipinski definition) is 4. The molecule has 1 heterocycles. The van der Waals surface area contributed by atoms with Gasteiger partial charge in [0.15, 0.2) is 11.5 Å². The minimum Gasteiger partial charge on any atom is -0.493 e. The third kappa shape index (κ3) is 2.69. The summed E-state index contributed by atoms with van der Waals surface area (Å²) in [5.74, 6) is -1.01. The first kappa shape index (κ1) is 16.8. The van der Waals surface area contributed by atoms with Crippen LogP contribution in [0, 0.1) is 0 Å². The van der Waals surface area contributed by atoms with Gasteiger partial charge in [0.25, 0.3) is 5.91 Å². The number of benzene rings is 2. The molecular weight excluding hydrogens is 322 g/mol. The highest BCUT2D eigenvalue weighted by Gasteiger charge is 2.42. The van der Waals surface area contributed by atoms with Gasteiger partial charge < -0.3 is 19.5 Å². The molecule has 25 heavy (non-hydrogen) atoms. The quantitative estimate of drug-likeness (QED) is 0.925. The molecule has 6 heteroatoms. The van der Waals surface area contributed by atoms with Crippen molar-refractivity contribution in [2.75, 3.05) is 21.3 Å². The lowest BCUT2D eigenvalue weighted by Gasteiger charge is -2.38. The van der Waals surface area contributed by atoms with Gasteiger partial charge in [0.05, 0.1) is 20.3 Å². The summed E-state index contributed by atoms with van der Waals surface area (Å²) in [5, 5.41) is 9.85. The van der Waals surface area contributed by atoms with Gasteiger partial charge in [-0.15, -0.1) is 0 Å². The fraction of sp³-hybridized carbons (Fsp3) is 0.263. The number of rotatable bonds is 4. The van der Waals surface area contributed by atoms with E-state index >= 15 is 0 Å². The molecule has 6 nitrogen and oxygen atoms in total. The Morgan fingerprint density at radius 2 is 1.76 bits per heavy atom.